The van der Waals surface area contributed by atoms with Crippen molar-refractivity contribution >= 4 is 5.91 Å². The molecular formula is C17H32N2O. The molecule has 0 radical (unpaired) electrons. The molecule has 3 heteroatoms. The molecule has 20 heavy (non-hydrogen) atoms. The molecule has 1 N–H and O–H groups in total. The lowest BCUT2D eigenvalue weighted by Gasteiger charge is -2.29. The zero-order valence-electron chi connectivity index (χ0n) is 13.8. The van der Waals surface area contributed by atoms with Crippen LogP contribution in [0.1, 0.15) is 53.4 Å². The van der Waals surface area contributed by atoms with E-state index in [0.717, 1.165) is 44.5 Å². The SMILES string of the molecule is C=C(CNCCC)CN1CCC(C(C)(C)C)CCC1=O. The summed E-state index contributed by atoms with van der Waals surface area (Å²) in [4.78, 5) is 14.2. The van der Waals surface area contributed by atoms with E-state index in [2.05, 4.69) is 39.6 Å². The molecule has 1 rings (SSSR count). The van der Waals surface area contributed by atoms with Crippen molar-refractivity contribution in [2.75, 3.05) is 26.2 Å². The van der Waals surface area contributed by atoms with Gasteiger partial charge < -0.3 is 10.2 Å². The summed E-state index contributed by atoms with van der Waals surface area (Å²) in [6.45, 7) is 16.5. The van der Waals surface area contributed by atoms with E-state index in [1.54, 1.807) is 0 Å². The number of hydrogen-bond acceptors (Lipinski definition) is 2. The fourth-order valence-electron chi connectivity index (χ4n) is 2.84. The predicted molar refractivity (Wildman–Crippen MR) is 85.7 cm³/mol. The van der Waals surface area contributed by atoms with Gasteiger partial charge >= 0.3 is 0 Å². The number of carbonyl (C=O) groups is 1. The Morgan fingerprint density at radius 2 is 2.10 bits per heavy atom. The summed E-state index contributed by atoms with van der Waals surface area (Å²) >= 11 is 0. The van der Waals surface area contributed by atoms with Gasteiger partial charge in [-0.2, -0.15) is 0 Å². The second-order valence-electron chi connectivity index (χ2n) is 7.13. The van der Waals surface area contributed by atoms with Gasteiger partial charge in [0.1, 0.15) is 0 Å². The maximum absolute atomic E-state index is 12.2. The lowest BCUT2D eigenvalue weighted by Crippen LogP contribution is -2.34. The molecule has 0 bridgehead atoms. The van der Waals surface area contributed by atoms with E-state index in [9.17, 15) is 4.79 Å². The van der Waals surface area contributed by atoms with Gasteiger partial charge in [0, 0.05) is 26.1 Å². The van der Waals surface area contributed by atoms with Gasteiger partial charge in [-0.1, -0.05) is 34.3 Å². The van der Waals surface area contributed by atoms with E-state index < -0.39 is 0 Å². The molecular weight excluding hydrogens is 248 g/mol. The van der Waals surface area contributed by atoms with Crippen LogP contribution in [0.4, 0.5) is 0 Å². The Bertz CT molecular complexity index is 330. The van der Waals surface area contributed by atoms with Gasteiger partial charge in [-0.3, -0.25) is 4.79 Å². The van der Waals surface area contributed by atoms with Crippen molar-refractivity contribution in [3.8, 4) is 0 Å². The predicted octanol–water partition coefficient (Wildman–Crippen LogP) is 3.22. The Morgan fingerprint density at radius 1 is 1.40 bits per heavy atom. The summed E-state index contributed by atoms with van der Waals surface area (Å²) in [6, 6.07) is 0. The number of rotatable bonds is 6. The normalized spacial score (nSPS) is 20.9. The molecule has 116 valence electrons. The van der Waals surface area contributed by atoms with Crippen LogP contribution < -0.4 is 5.32 Å². The van der Waals surface area contributed by atoms with Gasteiger partial charge in [-0.25, -0.2) is 0 Å². The molecule has 0 aromatic carbocycles. The first-order valence-corrected chi connectivity index (χ1v) is 7.99. The second-order valence-corrected chi connectivity index (χ2v) is 7.13. The summed E-state index contributed by atoms with van der Waals surface area (Å²) in [7, 11) is 0. The minimum atomic E-state index is 0.299. The van der Waals surface area contributed by atoms with Gasteiger partial charge in [0.15, 0.2) is 0 Å². The molecule has 1 atom stereocenters. The molecule has 0 aromatic rings. The van der Waals surface area contributed by atoms with E-state index in [4.69, 9.17) is 0 Å². The quantitative estimate of drug-likeness (QED) is 0.598. The molecule has 3 nitrogen and oxygen atoms in total. The Morgan fingerprint density at radius 3 is 2.70 bits per heavy atom. The average molecular weight is 280 g/mol. The van der Waals surface area contributed by atoms with Crippen molar-refractivity contribution in [1.82, 2.24) is 10.2 Å². The topological polar surface area (TPSA) is 32.3 Å². The lowest BCUT2D eigenvalue weighted by molar-refractivity contribution is -0.130. The number of carbonyl (C=O) groups excluding carboxylic acids is 1. The summed E-state index contributed by atoms with van der Waals surface area (Å²) < 4.78 is 0. The van der Waals surface area contributed by atoms with E-state index in [0.29, 0.717) is 30.2 Å². The molecule has 1 heterocycles. The van der Waals surface area contributed by atoms with Crippen LogP contribution in [-0.2, 0) is 4.79 Å². The van der Waals surface area contributed by atoms with Crippen molar-refractivity contribution in [2.45, 2.75) is 53.4 Å². The van der Waals surface area contributed by atoms with Crippen molar-refractivity contribution in [2.24, 2.45) is 11.3 Å². The second kappa shape index (κ2) is 7.82. The minimum Gasteiger partial charge on any atom is -0.339 e. The Kier molecular flexibility index (Phi) is 6.74. The highest BCUT2D eigenvalue weighted by molar-refractivity contribution is 5.76. The summed E-state index contributed by atoms with van der Waals surface area (Å²) in [5.41, 5.74) is 1.41. The zero-order chi connectivity index (χ0) is 15.2. The first kappa shape index (κ1) is 17.2. The molecule has 0 spiro atoms. The number of nitrogens with zero attached hydrogens (tertiary/aromatic N) is 1. The van der Waals surface area contributed by atoms with Crippen LogP contribution in [0, 0.1) is 11.3 Å². The standard InChI is InChI=1S/C17H32N2O/c1-6-10-18-12-14(2)13-19-11-9-15(17(3,4)5)7-8-16(19)20/h15,18H,2,6-13H2,1,3-5H3. The zero-order valence-corrected chi connectivity index (χ0v) is 13.8. The highest BCUT2D eigenvalue weighted by atomic mass is 16.2. The minimum absolute atomic E-state index is 0.299. The Labute approximate surface area is 124 Å². The van der Waals surface area contributed by atoms with Crippen molar-refractivity contribution < 1.29 is 4.79 Å². The van der Waals surface area contributed by atoms with Gasteiger partial charge in [-0.15, -0.1) is 0 Å². The van der Waals surface area contributed by atoms with Gasteiger partial charge in [-0.05, 0) is 42.7 Å². The molecule has 1 aliphatic heterocycles. The number of hydrogen-bond donors (Lipinski definition) is 1. The third-order valence-electron chi connectivity index (χ3n) is 4.25. The highest BCUT2D eigenvalue weighted by Gasteiger charge is 2.29. The van der Waals surface area contributed by atoms with E-state index in [1.165, 1.54) is 0 Å². The Balaban J connectivity index is 2.46. The first-order valence-electron chi connectivity index (χ1n) is 7.99. The van der Waals surface area contributed by atoms with Crippen LogP contribution in [0.5, 0.6) is 0 Å². The van der Waals surface area contributed by atoms with Crippen LogP contribution in [0.15, 0.2) is 12.2 Å². The van der Waals surface area contributed by atoms with Crippen LogP contribution in [0.3, 0.4) is 0 Å². The van der Waals surface area contributed by atoms with E-state index >= 15 is 0 Å². The summed E-state index contributed by atoms with van der Waals surface area (Å²) in [5, 5.41) is 3.35. The molecule has 1 amide bonds. The summed E-state index contributed by atoms with van der Waals surface area (Å²) in [5.74, 6) is 0.941. The van der Waals surface area contributed by atoms with Crippen molar-refractivity contribution in [3.63, 3.8) is 0 Å². The Hall–Kier alpha value is -0.830. The molecule has 1 fully saturated rings. The van der Waals surface area contributed by atoms with Crippen molar-refractivity contribution in [3.05, 3.63) is 12.2 Å². The smallest absolute Gasteiger partial charge is 0.222 e. The molecule has 0 aromatic heterocycles. The van der Waals surface area contributed by atoms with Gasteiger partial charge in [0.05, 0.1) is 0 Å². The molecule has 0 saturated carbocycles. The van der Waals surface area contributed by atoms with Gasteiger partial charge in [0.25, 0.3) is 0 Å². The van der Waals surface area contributed by atoms with Crippen molar-refractivity contribution in [1.29, 1.82) is 0 Å². The highest BCUT2D eigenvalue weighted by Crippen LogP contribution is 2.34. The molecule has 1 aliphatic rings. The van der Waals surface area contributed by atoms with Crippen LogP contribution in [0.25, 0.3) is 0 Å². The fraction of sp³-hybridized carbons (Fsp3) is 0.824. The first-order chi connectivity index (χ1) is 9.34. The number of nitrogens with one attached hydrogen (secondary N) is 1. The largest absolute Gasteiger partial charge is 0.339 e. The lowest BCUT2D eigenvalue weighted by atomic mass is 9.77. The monoisotopic (exact) mass is 280 g/mol. The van der Waals surface area contributed by atoms with Gasteiger partial charge in [0.2, 0.25) is 5.91 Å². The molecule has 1 unspecified atom stereocenters. The van der Waals surface area contributed by atoms with Crippen LogP contribution in [0.2, 0.25) is 0 Å². The van der Waals surface area contributed by atoms with E-state index in [1.807, 2.05) is 4.90 Å². The van der Waals surface area contributed by atoms with E-state index in [-0.39, 0.29) is 0 Å². The number of likely N-dealkylation sites (tertiary alicyclic amines) is 1. The van der Waals surface area contributed by atoms with Crippen LogP contribution >= 0.6 is 0 Å². The molecule has 0 aliphatic carbocycles. The van der Waals surface area contributed by atoms with Crippen LogP contribution in [-0.4, -0.2) is 37.0 Å². The third-order valence-corrected chi connectivity index (χ3v) is 4.25. The maximum atomic E-state index is 12.2. The third kappa shape index (κ3) is 5.66. The molecule has 1 saturated heterocycles. The average Bonchev–Trinajstić information content (AvgIpc) is 2.52. The summed E-state index contributed by atoms with van der Waals surface area (Å²) in [6.07, 6.45) is 3.96. The maximum Gasteiger partial charge on any atom is 0.222 e. The fourth-order valence-corrected chi connectivity index (χ4v) is 2.84. The number of amides is 1.